The van der Waals surface area contributed by atoms with Crippen LogP contribution in [-0.4, -0.2) is 23.5 Å². The number of anilines is 1. The Morgan fingerprint density at radius 2 is 2.00 bits per heavy atom. The van der Waals surface area contributed by atoms with Crippen LogP contribution in [-0.2, 0) is 0 Å². The first-order chi connectivity index (χ1) is 10.2. The highest BCUT2D eigenvalue weighted by molar-refractivity contribution is 5.94. The smallest absolute Gasteiger partial charge is 0.253 e. The molecule has 1 atom stereocenters. The first-order valence-electron chi connectivity index (χ1n) is 8.18. The van der Waals surface area contributed by atoms with E-state index in [2.05, 4.69) is 36.4 Å². The van der Waals surface area contributed by atoms with E-state index in [1.807, 2.05) is 12.1 Å². The van der Waals surface area contributed by atoms with Crippen molar-refractivity contribution in [3.05, 3.63) is 23.9 Å². The monoisotopic (exact) mass is 291 g/mol. The molecule has 118 valence electrons. The predicted molar refractivity (Wildman–Crippen MR) is 88.7 cm³/mol. The van der Waals surface area contributed by atoms with Crippen molar-refractivity contribution in [1.82, 2.24) is 10.3 Å². The third-order valence-corrected chi connectivity index (χ3v) is 3.45. The predicted octanol–water partition coefficient (Wildman–Crippen LogP) is 3.99. The van der Waals surface area contributed by atoms with E-state index in [4.69, 9.17) is 0 Å². The summed E-state index contributed by atoms with van der Waals surface area (Å²) < 4.78 is 0. The van der Waals surface area contributed by atoms with Crippen LogP contribution in [0.5, 0.6) is 0 Å². The zero-order valence-corrected chi connectivity index (χ0v) is 13.6. The van der Waals surface area contributed by atoms with Crippen molar-refractivity contribution < 1.29 is 4.79 Å². The van der Waals surface area contributed by atoms with Gasteiger partial charge in [0.25, 0.3) is 5.91 Å². The molecule has 0 bridgehead atoms. The first kappa shape index (κ1) is 17.5. The molecule has 0 aliphatic carbocycles. The van der Waals surface area contributed by atoms with E-state index in [0.717, 1.165) is 25.2 Å². The second-order valence-electron chi connectivity index (χ2n) is 5.58. The SMILES string of the molecule is CCCCCCC(C)NC(=O)c1ccc(NCCC)nc1. The Morgan fingerprint density at radius 3 is 2.62 bits per heavy atom. The van der Waals surface area contributed by atoms with Crippen LogP contribution in [0.3, 0.4) is 0 Å². The summed E-state index contributed by atoms with van der Waals surface area (Å²) in [5.41, 5.74) is 0.623. The summed E-state index contributed by atoms with van der Waals surface area (Å²) >= 11 is 0. The van der Waals surface area contributed by atoms with Gasteiger partial charge in [-0.25, -0.2) is 4.98 Å². The number of unbranched alkanes of at least 4 members (excludes halogenated alkanes) is 3. The van der Waals surface area contributed by atoms with Gasteiger partial charge in [-0.3, -0.25) is 4.79 Å². The molecule has 0 radical (unpaired) electrons. The summed E-state index contributed by atoms with van der Waals surface area (Å²) in [6.45, 7) is 7.27. The van der Waals surface area contributed by atoms with Crippen LogP contribution in [0, 0.1) is 0 Å². The number of pyridine rings is 1. The Kier molecular flexibility index (Phi) is 8.48. The number of hydrogen-bond donors (Lipinski definition) is 2. The first-order valence-corrected chi connectivity index (χ1v) is 8.18. The van der Waals surface area contributed by atoms with Crippen molar-refractivity contribution in [1.29, 1.82) is 0 Å². The lowest BCUT2D eigenvalue weighted by Crippen LogP contribution is -2.32. The Morgan fingerprint density at radius 1 is 1.19 bits per heavy atom. The fourth-order valence-electron chi connectivity index (χ4n) is 2.14. The van der Waals surface area contributed by atoms with Crippen molar-refractivity contribution in [3.8, 4) is 0 Å². The molecule has 4 heteroatoms. The summed E-state index contributed by atoms with van der Waals surface area (Å²) in [4.78, 5) is 16.4. The molecule has 0 saturated carbocycles. The fraction of sp³-hybridized carbons (Fsp3) is 0.647. The van der Waals surface area contributed by atoms with Gasteiger partial charge in [0.2, 0.25) is 0 Å². The highest BCUT2D eigenvalue weighted by Crippen LogP contribution is 2.08. The maximum Gasteiger partial charge on any atom is 0.253 e. The number of nitrogens with zero attached hydrogens (tertiary/aromatic N) is 1. The average molecular weight is 291 g/mol. The highest BCUT2D eigenvalue weighted by atomic mass is 16.1. The number of carbonyl (C=O) groups is 1. The van der Waals surface area contributed by atoms with Gasteiger partial charge in [0.15, 0.2) is 0 Å². The van der Waals surface area contributed by atoms with Gasteiger partial charge in [-0.05, 0) is 31.9 Å². The molecule has 0 fully saturated rings. The van der Waals surface area contributed by atoms with Crippen molar-refractivity contribution in [2.45, 2.75) is 65.3 Å². The van der Waals surface area contributed by atoms with Crippen molar-refractivity contribution in [2.24, 2.45) is 0 Å². The molecule has 1 aromatic heterocycles. The molecule has 1 rings (SSSR count). The van der Waals surface area contributed by atoms with Crippen molar-refractivity contribution in [3.63, 3.8) is 0 Å². The second-order valence-corrected chi connectivity index (χ2v) is 5.58. The van der Waals surface area contributed by atoms with E-state index in [9.17, 15) is 4.79 Å². The van der Waals surface area contributed by atoms with E-state index in [0.29, 0.717) is 5.56 Å². The Bertz CT molecular complexity index is 403. The van der Waals surface area contributed by atoms with E-state index in [1.54, 1.807) is 6.20 Å². The Hall–Kier alpha value is -1.58. The Labute approximate surface area is 128 Å². The van der Waals surface area contributed by atoms with Crippen LogP contribution in [0.1, 0.15) is 69.7 Å². The van der Waals surface area contributed by atoms with E-state index < -0.39 is 0 Å². The standard InChI is InChI=1S/C17H29N3O/c1-4-6-7-8-9-14(3)20-17(21)15-10-11-16(19-13-15)18-12-5-2/h10-11,13-14H,4-9,12H2,1-3H3,(H,18,19)(H,20,21). The maximum atomic E-state index is 12.1. The molecular formula is C17H29N3O. The van der Waals surface area contributed by atoms with Crippen LogP contribution < -0.4 is 10.6 Å². The Balaban J connectivity index is 2.36. The molecule has 1 amide bonds. The van der Waals surface area contributed by atoms with E-state index >= 15 is 0 Å². The average Bonchev–Trinajstić information content (AvgIpc) is 2.50. The number of carbonyl (C=O) groups excluding carboxylic acids is 1. The molecule has 0 spiro atoms. The molecule has 0 aliphatic heterocycles. The lowest BCUT2D eigenvalue weighted by atomic mass is 10.1. The minimum atomic E-state index is -0.0347. The molecule has 0 aliphatic rings. The van der Waals surface area contributed by atoms with E-state index in [1.165, 1.54) is 25.7 Å². The molecular weight excluding hydrogens is 262 g/mol. The quantitative estimate of drug-likeness (QED) is 0.641. The summed E-state index contributed by atoms with van der Waals surface area (Å²) in [5.74, 6) is 0.786. The molecule has 2 N–H and O–H groups in total. The summed E-state index contributed by atoms with van der Waals surface area (Å²) in [6, 6.07) is 3.90. The second kappa shape index (κ2) is 10.2. The number of amides is 1. The lowest BCUT2D eigenvalue weighted by Gasteiger charge is -2.14. The van der Waals surface area contributed by atoms with Gasteiger partial charge in [-0.15, -0.1) is 0 Å². The number of aromatic nitrogens is 1. The van der Waals surface area contributed by atoms with Gasteiger partial charge in [-0.2, -0.15) is 0 Å². The van der Waals surface area contributed by atoms with Gasteiger partial charge in [0, 0.05) is 18.8 Å². The zero-order chi connectivity index (χ0) is 15.5. The number of hydrogen-bond acceptors (Lipinski definition) is 3. The van der Waals surface area contributed by atoms with Crippen LogP contribution in [0.2, 0.25) is 0 Å². The molecule has 1 unspecified atom stereocenters. The zero-order valence-electron chi connectivity index (χ0n) is 13.6. The van der Waals surface area contributed by atoms with Crippen LogP contribution >= 0.6 is 0 Å². The number of rotatable bonds is 10. The molecule has 1 aromatic rings. The highest BCUT2D eigenvalue weighted by Gasteiger charge is 2.10. The summed E-state index contributed by atoms with van der Waals surface area (Å²) in [7, 11) is 0. The van der Waals surface area contributed by atoms with Crippen molar-refractivity contribution >= 4 is 11.7 Å². The maximum absolute atomic E-state index is 12.1. The molecule has 0 aromatic carbocycles. The minimum Gasteiger partial charge on any atom is -0.370 e. The third kappa shape index (κ3) is 7.11. The molecule has 1 heterocycles. The van der Waals surface area contributed by atoms with E-state index in [-0.39, 0.29) is 11.9 Å². The fourth-order valence-corrected chi connectivity index (χ4v) is 2.14. The molecule has 4 nitrogen and oxygen atoms in total. The lowest BCUT2D eigenvalue weighted by molar-refractivity contribution is 0.0937. The van der Waals surface area contributed by atoms with Gasteiger partial charge >= 0.3 is 0 Å². The van der Waals surface area contributed by atoms with Crippen LogP contribution in [0.4, 0.5) is 5.82 Å². The number of nitrogens with one attached hydrogen (secondary N) is 2. The molecule has 21 heavy (non-hydrogen) atoms. The topological polar surface area (TPSA) is 54.0 Å². The molecule has 0 saturated heterocycles. The minimum absolute atomic E-state index is 0.0347. The van der Waals surface area contributed by atoms with Gasteiger partial charge in [-0.1, -0.05) is 39.5 Å². The van der Waals surface area contributed by atoms with Crippen LogP contribution in [0.15, 0.2) is 18.3 Å². The summed E-state index contributed by atoms with van der Waals surface area (Å²) in [6.07, 6.45) is 8.66. The van der Waals surface area contributed by atoms with Gasteiger partial charge in [0.1, 0.15) is 5.82 Å². The largest absolute Gasteiger partial charge is 0.370 e. The van der Waals surface area contributed by atoms with Gasteiger partial charge < -0.3 is 10.6 Å². The third-order valence-electron chi connectivity index (χ3n) is 3.45. The normalized spacial score (nSPS) is 12.0. The van der Waals surface area contributed by atoms with Crippen molar-refractivity contribution in [2.75, 3.05) is 11.9 Å². The van der Waals surface area contributed by atoms with Gasteiger partial charge in [0.05, 0.1) is 5.56 Å². The van der Waals surface area contributed by atoms with Crippen LogP contribution in [0.25, 0.3) is 0 Å². The summed E-state index contributed by atoms with van der Waals surface area (Å²) in [5, 5.41) is 6.23.